The molecule has 2 unspecified atom stereocenters. The van der Waals surface area contributed by atoms with Gasteiger partial charge in [0.15, 0.2) is 0 Å². The predicted octanol–water partition coefficient (Wildman–Crippen LogP) is 1.93. The van der Waals surface area contributed by atoms with Crippen molar-refractivity contribution in [2.75, 3.05) is 19.7 Å². The Balaban J connectivity index is 2.12. The van der Waals surface area contributed by atoms with E-state index in [1.165, 1.54) is 6.42 Å². The van der Waals surface area contributed by atoms with Crippen LogP contribution in [-0.4, -0.2) is 34.7 Å². The molecular formula is C12H20N2O2. The van der Waals surface area contributed by atoms with Crippen molar-refractivity contribution in [1.29, 1.82) is 0 Å². The summed E-state index contributed by atoms with van der Waals surface area (Å²) in [4.78, 5) is 6.73. The molecule has 1 aromatic heterocycles. The Morgan fingerprint density at radius 2 is 2.50 bits per heavy atom. The van der Waals surface area contributed by atoms with Crippen LogP contribution in [0.4, 0.5) is 0 Å². The molecule has 2 heterocycles. The summed E-state index contributed by atoms with van der Waals surface area (Å²) < 4.78 is 5.74. The van der Waals surface area contributed by atoms with Crippen molar-refractivity contribution in [2.24, 2.45) is 0 Å². The predicted molar refractivity (Wildman–Crippen MR) is 61.2 cm³/mol. The van der Waals surface area contributed by atoms with Gasteiger partial charge >= 0.3 is 0 Å². The number of aliphatic hydroxyl groups is 1. The Labute approximate surface area is 96.3 Å². The molecule has 0 radical (unpaired) electrons. The molecule has 1 aliphatic heterocycles. The van der Waals surface area contributed by atoms with E-state index >= 15 is 0 Å². The number of aromatic nitrogens is 1. The summed E-state index contributed by atoms with van der Waals surface area (Å²) in [5, 5.41) is 9.06. The summed E-state index contributed by atoms with van der Waals surface area (Å²) in [7, 11) is 0. The van der Waals surface area contributed by atoms with Gasteiger partial charge in [-0.15, -0.1) is 0 Å². The van der Waals surface area contributed by atoms with Crippen LogP contribution >= 0.6 is 0 Å². The normalized spacial score (nSPS) is 23.8. The number of hydrogen-bond acceptors (Lipinski definition) is 4. The van der Waals surface area contributed by atoms with Gasteiger partial charge in [0.25, 0.3) is 0 Å². The van der Waals surface area contributed by atoms with Gasteiger partial charge in [-0.2, -0.15) is 0 Å². The van der Waals surface area contributed by atoms with Crippen LogP contribution in [0.1, 0.15) is 50.3 Å². The van der Waals surface area contributed by atoms with Crippen molar-refractivity contribution >= 4 is 0 Å². The second kappa shape index (κ2) is 4.97. The lowest BCUT2D eigenvalue weighted by Crippen LogP contribution is -2.22. The van der Waals surface area contributed by atoms with Crippen LogP contribution < -0.4 is 0 Å². The Morgan fingerprint density at radius 3 is 3.19 bits per heavy atom. The van der Waals surface area contributed by atoms with E-state index in [4.69, 9.17) is 9.52 Å². The molecule has 4 nitrogen and oxygen atoms in total. The first-order valence-electron chi connectivity index (χ1n) is 6.06. The second-order valence-electron chi connectivity index (χ2n) is 4.47. The summed E-state index contributed by atoms with van der Waals surface area (Å²) in [5.74, 6) is 1.65. The van der Waals surface area contributed by atoms with Crippen LogP contribution in [0.2, 0.25) is 0 Å². The minimum atomic E-state index is 0.0396. The van der Waals surface area contributed by atoms with E-state index in [0.29, 0.717) is 6.04 Å². The molecule has 0 aromatic carbocycles. The lowest BCUT2D eigenvalue weighted by Gasteiger charge is -2.19. The first-order chi connectivity index (χ1) is 7.76. The standard InChI is InChI=1S/C12H20N2O2/c1-3-14-6-4-5-10(14)12-13-7-11(16-12)9(2)8-15/h7,9-10,15H,3-6,8H2,1-2H3. The number of likely N-dealkylation sites (tertiary alicyclic amines) is 1. The summed E-state index contributed by atoms with van der Waals surface area (Å²) in [5.41, 5.74) is 0. The molecule has 1 saturated heterocycles. The quantitative estimate of drug-likeness (QED) is 0.849. The maximum absolute atomic E-state index is 9.06. The Kier molecular flexibility index (Phi) is 3.61. The molecule has 4 heteroatoms. The second-order valence-corrected chi connectivity index (χ2v) is 4.47. The molecule has 2 atom stereocenters. The highest BCUT2D eigenvalue weighted by molar-refractivity contribution is 5.04. The van der Waals surface area contributed by atoms with E-state index in [1.807, 2.05) is 6.92 Å². The molecule has 1 N–H and O–H groups in total. The maximum atomic E-state index is 9.06. The molecule has 1 aromatic rings. The highest BCUT2D eigenvalue weighted by atomic mass is 16.4. The summed E-state index contributed by atoms with van der Waals surface area (Å²) in [6, 6.07) is 0.338. The average Bonchev–Trinajstić information content (AvgIpc) is 2.95. The Morgan fingerprint density at radius 1 is 1.69 bits per heavy atom. The lowest BCUT2D eigenvalue weighted by molar-refractivity contribution is 0.218. The number of aliphatic hydroxyl groups excluding tert-OH is 1. The van der Waals surface area contributed by atoms with Gasteiger partial charge in [0.1, 0.15) is 5.76 Å². The van der Waals surface area contributed by atoms with Gasteiger partial charge in [0, 0.05) is 5.92 Å². The topological polar surface area (TPSA) is 49.5 Å². The van der Waals surface area contributed by atoms with Crippen molar-refractivity contribution in [3.8, 4) is 0 Å². The van der Waals surface area contributed by atoms with Crippen LogP contribution in [0, 0.1) is 0 Å². The van der Waals surface area contributed by atoms with Crippen molar-refractivity contribution in [3.63, 3.8) is 0 Å². The minimum Gasteiger partial charge on any atom is -0.444 e. The van der Waals surface area contributed by atoms with Crippen molar-refractivity contribution in [1.82, 2.24) is 9.88 Å². The number of nitrogens with zero attached hydrogens (tertiary/aromatic N) is 2. The molecule has 0 bridgehead atoms. The van der Waals surface area contributed by atoms with Crippen molar-refractivity contribution < 1.29 is 9.52 Å². The van der Waals surface area contributed by atoms with E-state index in [2.05, 4.69) is 16.8 Å². The zero-order chi connectivity index (χ0) is 11.5. The highest BCUT2D eigenvalue weighted by Crippen LogP contribution is 2.32. The minimum absolute atomic E-state index is 0.0396. The van der Waals surface area contributed by atoms with Gasteiger partial charge in [-0.25, -0.2) is 4.98 Å². The fourth-order valence-corrected chi connectivity index (χ4v) is 2.26. The summed E-state index contributed by atoms with van der Waals surface area (Å²) >= 11 is 0. The average molecular weight is 224 g/mol. The first kappa shape index (κ1) is 11.6. The van der Waals surface area contributed by atoms with Gasteiger partial charge in [0.05, 0.1) is 18.8 Å². The molecule has 0 saturated carbocycles. The smallest absolute Gasteiger partial charge is 0.211 e. The fourth-order valence-electron chi connectivity index (χ4n) is 2.26. The molecule has 1 aliphatic rings. The van der Waals surface area contributed by atoms with Crippen LogP contribution in [0.3, 0.4) is 0 Å². The summed E-state index contributed by atoms with van der Waals surface area (Å²) in [6.07, 6.45) is 4.09. The number of rotatable bonds is 4. The van der Waals surface area contributed by atoms with Gasteiger partial charge in [-0.05, 0) is 25.9 Å². The number of oxazole rings is 1. The largest absolute Gasteiger partial charge is 0.444 e. The molecule has 0 aliphatic carbocycles. The van der Waals surface area contributed by atoms with Crippen LogP contribution in [0.5, 0.6) is 0 Å². The molecule has 0 amide bonds. The maximum Gasteiger partial charge on any atom is 0.211 e. The Bertz CT molecular complexity index is 338. The van der Waals surface area contributed by atoms with Crippen LogP contribution in [0.15, 0.2) is 10.6 Å². The van der Waals surface area contributed by atoms with E-state index < -0.39 is 0 Å². The molecule has 16 heavy (non-hydrogen) atoms. The molecule has 0 spiro atoms. The SMILES string of the molecule is CCN1CCCC1c1ncc(C(C)CO)o1. The van der Waals surface area contributed by atoms with E-state index in [1.54, 1.807) is 6.20 Å². The number of hydrogen-bond donors (Lipinski definition) is 1. The van der Waals surface area contributed by atoms with Crippen LogP contribution in [0.25, 0.3) is 0 Å². The molecule has 1 fully saturated rings. The van der Waals surface area contributed by atoms with Crippen molar-refractivity contribution in [3.05, 3.63) is 17.8 Å². The molecule has 2 rings (SSSR count). The summed E-state index contributed by atoms with van der Waals surface area (Å²) in [6.45, 7) is 6.39. The molecular weight excluding hydrogens is 204 g/mol. The third kappa shape index (κ3) is 2.13. The monoisotopic (exact) mass is 224 g/mol. The first-order valence-corrected chi connectivity index (χ1v) is 6.06. The third-order valence-corrected chi connectivity index (χ3v) is 3.36. The van der Waals surface area contributed by atoms with Gasteiger partial charge in [0.2, 0.25) is 5.89 Å². The Hall–Kier alpha value is -0.870. The zero-order valence-electron chi connectivity index (χ0n) is 10.0. The molecule has 90 valence electrons. The van der Waals surface area contributed by atoms with Crippen LogP contribution in [-0.2, 0) is 0 Å². The highest BCUT2D eigenvalue weighted by Gasteiger charge is 2.28. The van der Waals surface area contributed by atoms with E-state index in [9.17, 15) is 0 Å². The van der Waals surface area contributed by atoms with Gasteiger partial charge in [-0.1, -0.05) is 13.8 Å². The van der Waals surface area contributed by atoms with Gasteiger partial charge < -0.3 is 9.52 Å². The lowest BCUT2D eigenvalue weighted by atomic mass is 10.1. The zero-order valence-corrected chi connectivity index (χ0v) is 10.0. The third-order valence-electron chi connectivity index (χ3n) is 3.36. The van der Waals surface area contributed by atoms with Gasteiger partial charge in [-0.3, -0.25) is 4.90 Å². The van der Waals surface area contributed by atoms with E-state index in [-0.39, 0.29) is 12.5 Å². The van der Waals surface area contributed by atoms with Crippen molar-refractivity contribution in [2.45, 2.75) is 38.6 Å². The fraction of sp³-hybridized carbons (Fsp3) is 0.750. The van der Waals surface area contributed by atoms with E-state index in [0.717, 1.165) is 31.2 Å².